The van der Waals surface area contributed by atoms with Crippen molar-refractivity contribution in [1.82, 2.24) is 4.98 Å². The van der Waals surface area contributed by atoms with Gasteiger partial charge in [0.2, 0.25) is 0 Å². The van der Waals surface area contributed by atoms with Crippen molar-refractivity contribution in [1.29, 1.82) is 0 Å². The number of aromatic nitrogens is 1. The normalized spacial score (nSPS) is 22.1. The first-order chi connectivity index (χ1) is 9.66. The molecule has 2 atom stereocenters. The quantitative estimate of drug-likeness (QED) is 0.809. The van der Waals surface area contributed by atoms with Gasteiger partial charge in [-0.25, -0.2) is 8.78 Å². The number of benzene rings is 1. The van der Waals surface area contributed by atoms with Gasteiger partial charge in [0, 0.05) is 12.2 Å². The number of pyridine rings is 1. The minimum absolute atomic E-state index is 0.0535. The van der Waals surface area contributed by atoms with Crippen molar-refractivity contribution in [3.63, 3.8) is 0 Å². The Hall–Kier alpha value is -1.81. The molecule has 104 valence electrons. The van der Waals surface area contributed by atoms with Crippen molar-refractivity contribution in [3.05, 3.63) is 65.0 Å². The first kappa shape index (κ1) is 13.2. The highest BCUT2D eigenvalue weighted by Crippen LogP contribution is 2.35. The van der Waals surface area contributed by atoms with Crippen LogP contribution in [0.2, 0.25) is 0 Å². The lowest BCUT2D eigenvalue weighted by Gasteiger charge is -2.16. The molecule has 1 aliphatic carbocycles. The van der Waals surface area contributed by atoms with E-state index in [9.17, 15) is 8.78 Å². The third kappa shape index (κ3) is 2.31. The van der Waals surface area contributed by atoms with E-state index in [0.29, 0.717) is 12.0 Å². The molecule has 2 aromatic rings. The van der Waals surface area contributed by atoms with E-state index in [4.69, 9.17) is 5.73 Å². The number of hydrogen-bond acceptors (Lipinski definition) is 2. The van der Waals surface area contributed by atoms with Crippen molar-refractivity contribution in [2.45, 2.75) is 31.2 Å². The van der Waals surface area contributed by atoms with E-state index in [1.165, 1.54) is 0 Å². The highest BCUT2D eigenvalue weighted by atomic mass is 19.2. The molecule has 4 heteroatoms. The molecule has 1 aromatic carbocycles. The van der Waals surface area contributed by atoms with E-state index < -0.39 is 11.6 Å². The van der Waals surface area contributed by atoms with Gasteiger partial charge in [-0.1, -0.05) is 18.2 Å². The maximum atomic E-state index is 14.0. The smallest absolute Gasteiger partial charge is 0.162 e. The lowest BCUT2D eigenvalue weighted by Crippen LogP contribution is -2.12. The van der Waals surface area contributed by atoms with Gasteiger partial charge >= 0.3 is 0 Å². The number of rotatable bonds is 1. The summed E-state index contributed by atoms with van der Waals surface area (Å²) in [5, 5.41) is 0. The SMILES string of the molecule is N[C@@H]1CC[C@@H](c2cccc(F)c2F)Cc2cccnc21. The lowest BCUT2D eigenvalue weighted by molar-refractivity contribution is 0.474. The van der Waals surface area contributed by atoms with Crippen LogP contribution in [0.4, 0.5) is 8.78 Å². The van der Waals surface area contributed by atoms with Crippen LogP contribution in [0.5, 0.6) is 0 Å². The van der Waals surface area contributed by atoms with Gasteiger partial charge in [0.25, 0.3) is 0 Å². The topological polar surface area (TPSA) is 38.9 Å². The standard InChI is InChI=1S/C16H16F2N2/c17-13-5-1-4-12(15(13)18)10-6-7-14(19)16-11(9-10)3-2-8-20-16/h1-5,8,10,14H,6-7,9,19H2/t10-,14-/m1/s1. The van der Waals surface area contributed by atoms with Gasteiger partial charge in [-0.2, -0.15) is 0 Å². The molecule has 0 saturated heterocycles. The summed E-state index contributed by atoms with van der Waals surface area (Å²) in [5.74, 6) is -1.58. The zero-order valence-corrected chi connectivity index (χ0v) is 11.0. The van der Waals surface area contributed by atoms with Crippen molar-refractivity contribution in [2.24, 2.45) is 5.73 Å². The molecule has 1 aromatic heterocycles. The first-order valence-corrected chi connectivity index (χ1v) is 6.80. The van der Waals surface area contributed by atoms with Gasteiger partial charge in [-0.3, -0.25) is 4.98 Å². The van der Waals surface area contributed by atoms with Gasteiger partial charge in [0.05, 0.1) is 5.69 Å². The van der Waals surface area contributed by atoms with Gasteiger partial charge < -0.3 is 5.73 Å². The summed E-state index contributed by atoms with van der Waals surface area (Å²) in [5.41, 5.74) is 8.48. The Morgan fingerprint density at radius 3 is 2.80 bits per heavy atom. The molecule has 0 fully saturated rings. The highest BCUT2D eigenvalue weighted by molar-refractivity contribution is 5.30. The Labute approximate surface area is 116 Å². The fourth-order valence-electron chi connectivity index (χ4n) is 2.94. The second-order valence-corrected chi connectivity index (χ2v) is 5.28. The second-order valence-electron chi connectivity index (χ2n) is 5.28. The molecule has 0 saturated carbocycles. The van der Waals surface area contributed by atoms with Crippen molar-refractivity contribution in [3.8, 4) is 0 Å². The summed E-state index contributed by atoms with van der Waals surface area (Å²) in [6.07, 6.45) is 3.83. The zero-order chi connectivity index (χ0) is 14.1. The summed E-state index contributed by atoms with van der Waals surface area (Å²) in [4.78, 5) is 4.34. The molecule has 2 nitrogen and oxygen atoms in total. The number of hydrogen-bond donors (Lipinski definition) is 1. The van der Waals surface area contributed by atoms with Crippen LogP contribution in [0.15, 0.2) is 36.5 Å². The minimum atomic E-state index is -0.789. The number of nitrogens with zero attached hydrogens (tertiary/aromatic N) is 1. The van der Waals surface area contributed by atoms with Crippen LogP contribution >= 0.6 is 0 Å². The Bertz CT molecular complexity index is 628. The summed E-state index contributed by atoms with van der Waals surface area (Å²) >= 11 is 0. The van der Waals surface area contributed by atoms with Crippen LogP contribution in [0, 0.1) is 11.6 Å². The molecular weight excluding hydrogens is 258 g/mol. The van der Waals surface area contributed by atoms with Crippen LogP contribution in [-0.2, 0) is 6.42 Å². The highest BCUT2D eigenvalue weighted by Gasteiger charge is 2.25. The molecule has 0 amide bonds. The molecule has 0 bridgehead atoms. The van der Waals surface area contributed by atoms with Crippen molar-refractivity contribution >= 4 is 0 Å². The predicted octanol–water partition coefficient (Wildman–Crippen LogP) is 3.48. The summed E-state index contributed by atoms with van der Waals surface area (Å²) in [6, 6.07) is 8.07. The zero-order valence-electron chi connectivity index (χ0n) is 11.0. The number of fused-ring (bicyclic) bond motifs is 1. The van der Waals surface area contributed by atoms with Gasteiger partial charge in [0.15, 0.2) is 11.6 Å². The average molecular weight is 274 g/mol. The van der Waals surface area contributed by atoms with E-state index in [1.807, 2.05) is 12.1 Å². The molecule has 0 aliphatic heterocycles. The maximum Gasteiger partial charge on any atom is 0.162 e. The average Bonchev–Trinajstić information content (AvgIpc) is 2.62. The number of halogens is 2. The molecule has 0 spiro atoms. The lowest BCUT2D eigenvalue weighted by atomic mass is 9.90. The molecule has 2 N–H and O–H groups in total. The van der Waals surface area contributed by atoms with E-state index in [0.717, 1.165) is 30.2 Å². The first-order valence-electron chi connectivity index (χ1n) is 6.80. The van der Waals surface area contributed by atoms with Crippen molar-refractivity contribution in [2.75, 3.05) is 0 Å². The van der Waals surface area contributed by atoms with E-state index in [2.05, 4.69) is 4.98 Å². The summed E-state index contributed by atoms with van der Waals surface area (Å²) < 4.78 is 27.4. The third-order valence-electron chi connectivity index (χ3n) is 3.99. The van der Waals surface area contributed by atoms with E-state index in [1.54, 1.807) is 18.3 Å². The van der Waals surface area contributed by atoms with Crippen LogP contribution in [0.3, 0.4) is 0 Å². The van der Waals surface area contributed by atoms with Gasteiger partial charge in [-0.15, -0.1) is 0 Å². The molecule has 20 heavy (non-hydrogen) atoms. The van der Waals surface area contributed by atoms with Crippen LogP contribution in [0.1, 0.15) is 41.6 Å². The minimum Gasteiger partial charge on any atom is -0.323 e. The number of nitrogens with two attached hydrogens (primary N) is 1. The summed E-state index contributed by atoms with van der Waals surface area (Å²) in [7, 11) is 0. The molecule has 0 radical (unpaired) electrons. The van der Waals surface area contributed by atoms with Crippen molar-refractivity contribution < 1.29 is 8.78 Å². The Kier molecular flexibility index (Phi) is 3.49. The molecule has 1 heterocycles. The van der Waals surface area contributed by atoms with E-state index in [-0.39, 0.29) is 12.0 Å². The molecular formula is C16H16F2N2. The van der Waals surface area contributed by atoms with Gasteiger partial charge in [-0.05, 0) is 48.4 Å². The van der Waals surface area contributed by atoms with Gasteiger partial charge in [0.1, 0.15) is 0 Å². The van der Waals surface area contributed by atoms with E-state index >= 15 is 0 Å². The molecule has 1 aliphatic rings. The molecule has 0 unspecified atom stereocenters. The predicted molar refractivity (Wildman–Crippen MR) is 73.2 cm³/mol. The van der Waals surface area contributed by atoms with Crippen LogP contribution in [-0.4, -0.2) is 4.98 Å². The maximum absolute atomic E-state index is 14.0. The monoisotopic (exact) mass is 274 g/mol. The van der Waals surface area contributed by atoms with Crippen LogP contribution < -0.4 is 5.73 Å². The Morgan fingerprint density at radius 2 is 1.95 bits per heavy atom. The van der Waals surface area contributed by atoms with Crippen LogP contribution in [0.25, 0.3) is 0 Å². The third-order valence-corrected chi connectivity index (χ3v) is 3.99. The Balaban J connectivity index is 1.99. The fourth-order valence-corrected chi connectivity index (χ4v) is 2.94. The largest absolute Gasteiger partial charge is 0.323 e. The fraction of sp³-hybridized carbons (Fsp3) is 0.312. The second kappa shape index (κ2) is 5.29. The molecule has 3 rings (SSSR count). The Morgan fingerprint density at radius 1 is 1.10 bits per heavy atom. The summed E-state index contributed by atoms with van der Waals surface area (Å²) in [6.45, 7) is 0.